The molecule has 0 aliphatic carbocycles. The smallest absolute Gasteiger partial charge is 0.241 e. The van der Waals surface area contributed by atoms with Crippen LogP contribution in [0, 0.1) is 0 Å². The highest BCUT2D eigenvalue weighted by Crippen LogP contribution is 2.29. The molecule has 2 heterocycles. The van der Waals surface area contributed by atoms with E-state index in [2.05, 4.69) is 12.1 Å². The maximum atomic E-state index is 12.9. The minimum absolute atomic E-state index is 0.0199. The molecule has 5 nitrogen and oxygen atoms in total. The van der Waals surface area contributed by atoms with Crippen LogP contribution < -0.4 is 0 Å². The number of piperidine rings is 1. The fourth-order valence-electron chi connectivity index (χ4n) is 3.72. The standard InChI is InChI=1S/C17H24N2O3S/c1-23(21,22)19-11-6-5-9-16(19)17(20)18-12-10-15(13-18)14-7-3-2-4-8-14/h2-4,7-8,15-16H,5-6,9-13H2,1H3. The number of hydrogen-bond donors (Lipinski definition) is 0. The molecule has 3 rings (SSSR count). The van der Waals surface area contributed by atoms with Crippen LogP contribution in [0.1, 0.15) is 37.2 Å². The number of carbonyl (C=O) groups is 1. The van der Waals surface area contributed by atoms with Crippen LogP contribution in [0.15, 0.2) is 30.3 Å². The molecule has 2 unspecified atom stereocenters. The Morgan fingerprint density at radius 1 is 1.09 bits per heavy atom. The van der Waals surface area contributed by atoms with Crippen LogP contribution >= 0.6 is 0 Å². The number of likely N-dealkylation sites (tertiary alicyclic amines) is 1. The van der Waals surface area contributed by atoms with Crippen LogP contribution in [0.4, 0.5) is 0 Å². The SMILES string of the molecule is CS(=O)(=O)N1CCCCC1C(=O)N1CCC(c2ccccc2)C1. The van der Waals surface area contributed by atoms with E-state index in [4.69, 9.17) is 0 Å². The average Bonchev–Trinajstić information content (AvgIpc) is 3.04. The normalized spacial score (nSPS) is 26.4. The summed E-state index contributed by atoms with van der Waals surface area (Å²) in [6.45, 7) is 1.87. The molecule has 1 aromatic carbocycles. The molecule has 0 bridgehead atoms. The Morgan fingerprint density at radius 2 is 1.83 bits per heavy atom. The average molecular weight is 336 g/mol. The molecule has 0 aromatic heterocycles. The summed E-state index contributed by atoms with van der Waals surface area (Å²) in [4.78, 5) is 14.7. The summed E-state index contributed by atoms with van der Waals surface area (Å²) in [5.41, 5.74) is 1.26. The van der Waals surface area contributed by atoms with E-state index in [1.807, 2.05) is 23.1 Å². The Morgan fingerprint density at radius 3 is 2.52 bits per heavy atom. The summed E-state index contributed by atoms with van der Waals surface area (Å²) in [6.07, 6.45) is 4.54. The fourth-order valence-corrected chi connectivity index (χ4v) is 4.84. The zero-order chi connectivity index (χ0) is 16.4. The zero-order valence-electron chi connectivity index (χ0n) is 13.5. The summed E-state index contributed by atoms with van der Waals surface area (Å²) in [5, 5.41) is 0. The van der Waals surface area contributed by atoms with Crippen LogP contribution in [0.25, 0.3) is 0 Å². The van der Waals surface area contributed by atoms with Crippen molar-refractivity contribution in [2.45, 2.75) is 37.6 Å². The third-order valence-electron chi connectivity index (χ3n) is 4.94. The first kappa shape index (κ1) is 16.5. The van der Waals surface area contributed by atoms with Gasteiger partial charge < -0.3 is 4.90 Å². The molecule has 2 aliphatic heterocycles. The van der Waals surface area contributed by atoms with Crippen molar-refractivity contribution in [3.63, 3.8) is 0 Å². The first-order valence-corrected chi connectivity index (χ1v) is 10.1. The molecule has 0 saturated carbocycles. The second kappa shape index (κ2) is 6.61. The third kappa shape index (κ3) is 3.58. The van der Waals surface area contributed by atoms with Crippen molar-refractivity contribution in [3.05, 3.63) is 35.9 Å². The molecule has 2 fully saturated rings. The number of nitrogens with zero attached hydrogens (tertiary/aromatic N) is 2. The minimum Gasteiger partial charge on any atom is -0.341 e. The summed E-state index contributed by atoms with van der Waals surface area (Å²) in [5.74, 6) is 0.337. The quantitative estimate of drug-likeness (QED) is 0.846. The minimum atomic E-state index is -3.33. The Bertz CT molecular complexity index is 660. The summed E-state index contributed by atoms with van der Waals surface area (Å²) < 4.78 is 25.3. The van der Waals surface area contributed by atoms with Crippen molar-refractivity contribution in [1.29, 1.82) is 0 Å². The lowest BCUT2D eigenvalue weighted by Gasteiger charge is -2.35. The van der Waals surface area contributed by atoms with Crippen LogP contribution in [-0.4, -0.2) is 55.5 Å². The van der Waals surface area contributed by atoms with E-state index in [9.17, 15) is 13.2 Å². The summed E-state index contributed by atoms with van der Waals surface area (Å²) in [7, 11) is -3.33. The molecule has 126 valence electrons. The van der Waals surface area contributed by atoms with Gasteiger partial charge in [-0.2, -0.15) is 4.31 Å². The van der Waals surface area contributed by atoms with Gasteiger partial charge in [0.2, 0.25) is 15.9 Å². The van der Waals surface area contributed by atoms with Gasteiger partial charge in [0.15, 0.2) is 0 Å². The number of sulfonamides is 1. The van der Waals surface area contributed by atoms with E-state index in [0.29, 0.717) is 32.0 Å². The van der Waals surface area contributed by atoms with Gasteiger partial charge >= 0.3 is 0 Å². The maximum absolute atomic E-state index is 12.9. The zero-order valence-corrected chi connectivity index (χ0v) is 14.3. The molecular weight excluding hydrogens is 312 g/mol. The van der Waals surface area contributed by atoms with Gasteiger partial charge in [0, 0.05) is 25.6 Å². The van der Waals surface area contributed by atoms with Crippen LogP contribution in [-0.2, 0) is 14.8 Å². The molecule has 2 atom stereocenters. The molecule has 0 radical (unpaired) electrons. The number of benzene rings is 1. The van der Waals surface area contributed by atoms with E-state index >= 15 is 0 Å². The van der Waals surface area contributed by atoms with Crippen LogP contribution in [0.3, 0.4) is 0 Å². The molecule has 1 aromatic rings. The molecule has 0 N–H and O–H groups in total. The molecule has 2 saturated heterocycles. The monoisotopic (exact) mass is 336 g/mol. The summed E-state index contributed by atoms with van der Waals surface area (Å²) >= 11 is 0. The topological polar surface area (TPSA) is 57.7 Å². The molecule has 0 spiro atoms. The predicted octanol–water partition coefficient (Wildman–Crippen LogP) is 1.82. The van der Waals surface area contributed by atoms with Gasteiger partial charge in [-0.3, -0.25) is 4.79 Å². The molecule has 6 heteroatoms. The fraction of sp³-hybridized carbons (Fsp3) is 0.588. The number of carbonyl (C=O) groups excluding carboxylic acids is 1. The van der Waals surface area contributed by atoms with Crippen molar-refractivity contribution in [2.75, 3.05) is 25.9 Å². The van der Waals surface area contributed by atoms with Crippen molar-refractivity contribution in [2.24, 2.45) is 0 Å². The predicted molar refractivity (Wildman–Crippen MR) is 89.6 cm³/mol. The highest BCUT2D eigenvalue weighted by Gasteiger charge is 2.38. The van der Waals surface area contributed by atoms with E-state index in [0.717, 1.165) is 19.3 Å². The number of rotatable bonds is 3. The Kier molecular flexibility index (Phi) is 4.73. The van der Waals surface area contributed by atoms with Gasteiger partial charge in [0.05, 0.1) is 6.26 Å². The van der Waals surface area contributed by atoms with Crippen molar-refractivity contribution >= 4 is 15.9 Å². The second-order valence-corrected chi connectivity index (χ2v) is 8.50. The molecule has 23 heavy (non-hydrogen) atoms. The van der Waals surface area contributed by atoms with Crippen LogP contribution in [0.5, 0.6) is 0 Å². The second-order valence-electron chi connectivity index (χ2n) is 6.57. The first-order chi connectivity index (χ1) is 11.0. The van der Waals surface area contributed by atoms with E-state index < -0.39 is 16.1 Å². The van der Waals surface area contributed by atoms with E-state index in [1.54, 1.807) is 0 Å². The highest BCUT2D eigenvalue weighted by atomic mass is 32.2. The van der Waals surface area contributed by atoms with Gasteiger partial charge in [-0.25, -0.2) is 8.42 Å². The van der Waals surface area contributed by atoms with Gasteiger partial charge in [0.1, 0.15) is 6.04 Å². The molecule has 1 amide bonds. The van der Waals surface area contributed by atoms with Crippen LogP contribution in [0.2, 0.25) is 0 Å². The Hall–Kier alpha value is -1.40. The lowest BCUT2D eigenvalue weighted by molar-refractivity contribution is -0.135. The summed E-state index contributed by atoms with van der Waals surface area (Å²) in [6, 6.07) is 9.73. The largest absolute Gasteiger partial charge is 0.341 e. The highest BCUT2D eigenvalue weighted by molar-refractivity contribution is 7.88. The molecular formula is C17H24N2O3S. The Balaban J connectivity index is 1.71. The third-order valence-corrected chi connectivity index (χ3v) is 6.22. The van der Waals surface area contributed by atoms with Gasteiger partial charge in [-0.15, -0.1) is 0 Å². The van der Waals surface area contributed by atoms with Crippen molar-refractivity contribution in [3.8, 4) is 0 Å². The lowest BCUT2D eigenvalue weighted by atomic mass is 9.99. The lowest BCUT2D eigenvalue weighted by Crippen LogP contribution is -2.52. The molecule has 2 aliphatic rings. The Labute approximate surface area is 138 Å². The maximum Gasteiger partial charge on any atom is 0.241 e. The first-order valence-electron chi connectivity index (χ1n) is 8.27. The van der Waals surface area contributed by atoms with Gasteiger partial charge in [-0.1, -0.05) is 36.8 Å². The van der Waals surface area contributed by atoms with E-state index in [1.165, 1.54) is 16.1 Å². The number of hydrogen-bond acceptors (Lipinski definition) is 3. The number of amides is 1. The van der Waals surface area contributed by atoms with Gasteiger partial charge in [-0.05, 0) is 24.8 Å². The van der Waals surface area contributed by atoms with Crippen molar-refractivity contribution in [1.82, 2.24) is 9.21 Å². The van der Waals surface area contributed by atoms with E-state index in [-0.39, 0.29) is 5.91 Å². The van der Waals surface area contributed by atoms with Gasteiger partial charge in [0.25, 0.3) is 0 Å². The van der Waals surface area contributed by atoms with Crippen molar-refractivity contribution < 1.29 is 13.2 Å².